The molecule has 0 spiro atoms. The maximum absolute atomic E-state index is 13.0. The topological polar surface area (TPSA) is 65.5 Å². The number of nitrogens with one attached hydrogen (secondary N) is 1. The van der Waals surface area contributed by atoms with E-state index in [4.69, 9.17) is 0 Å². The molecule has 6 nitrogen and oxygen atoms in total. The Morgan fingerprint density at radius 1 is 1.06 bits per heavy atom. The molecule has 4 rings (SSSR count). The van der Waals surface area contributed by atoms with Gasteiger partial charge in [0.25, 0.3) is 11.8 Å². The number of nitrogens with zero attached hydrogens (tertiary/aromatic N) is 3. The molecule has 1 N–H and O–H groups in total. The molecular weight excluding hydrogens is 441 g/mol. The van der Waals surface area contributed by atoms with E-state index >= 15 is 0 Å². The molecule has 0 aliphatic carbocycles. The van der Waals surface area contributed by atoms with E-state index in [1.807, 2.05) is 7.05 Å². The van der Waals surface area contributed by atoms with Crippen LogP contribution < -0.4 is 5.32 Å². The number of benzene rings is 1. The standard InChI is InChI=1S/C22H21F3N4O2S/c1-13-14-7-8-17(22(23,24)25)27-20(14)32-18(13)19(30)26-16-6-4-3-5-15(16)21(31)29-11-9-28(2)10-12-29/h3-8H,9-12H2,1-2H3,(H,26,30). The molecule has 2 aromatic heterocycles. The molecule has 0 atom stereocenters. The number of carbonyl (C=O) groups is 2. The van der Waals surface area contributed by atoms with Crippen molar-refractivity contribution in [3.63, 3.8) is 0 Å². The molecule has 168 valence electrons. The highest BCUT2D eigenvalue weighted by molar-refractivity contribution is 7.20. The van der Waals surface area contributed by atoms with Gasteiger partial charge in [-0.05, 0) is 43.8 Å². The number of likely N-dealkylation sites (N-methyl/N-ethyl adjacent to an activating group) is 1. The first-order valence-corrected chi connectivity index (χ1v) is 10.8. The van der Waals surface area contributed by atoms with Gasteiger partial charge in [-0.1, -0.05) is 12.1 Å². The maximum Gasteiger partial charge on any atom is 0.433 e. The number of para-hydroxylation sites is 1. The molecule has 1 fully saturated rings. The third-order valence-electron chi connectivity index (χ3n) is 5.50. The lowest BCUT2D eigenvalue weighted by atomic mass is 10.1. The summed E-state index contributed by atoms with van der Waals surface area (Å²) in [6.45, 7) is 4.41. The van der Waals surface area contributed by atoms with Crippen molar-refractivity contribution in [1.82, 2.24) is 14.8 Å². The minimum absolute atomic E-state index is 0.143. The zero-order chi connectivity index (χ0) is 23.0. The largest absolute Gasteiger partial charge is 0.433 e. The van der Waals surface area contributed by atoms with Gasteiger partial charge in [0.1, 0.15) is 10.5 Å². The number of fused-ring (bicyclic) bond motifs is 1. The van der Waals surface area contributed by atoms with Crippen LogP contribution in [0.2, 0.25) is 0 Å². The van der Waals surface area contributed by atoms with Crippen LogP contribution >= 0.6 is 11.3 Å². The first-order valence-electron chi connectivity index (χ1n) is 10.0. The van der Waals surface area contributed by atoms with E-state index in [2.05, 4.69) is 15.2 Å². The lowest BCUT2D eigenvalue weighted by Crippen LogP contribution is -2.47. The zero-order valence-corrected chi connectivity index (χ0v) is 18.3. The van der Waals surface area contributed by atoms with Crippen molar-refractivity contribution >= 4 is 39.1 Å². The number of thiophene rings is 1. The van der Waals surface area contributed by atoms with Crippen LogP contribution in [0.4, 0.5) is 18.9 Å². The van der Waals surface area contributed by atoms with Gasteiger partial charge >= 0.3 is 6.18 Å². The van der Waals surface area contributed by atoms with Crippen molar-refractivity contribution < 1.29 is 22.8 Å². The van der Waals surface area contributed by atoms with E-state index in [-0.39, 0.29) is 15.6 Å². The average molecular weight is 462 g/mol. The molecule has 2 amide bonds. The fourth-order valence-electron chi connectivity index (χ4n) is 3.61. The summed E-state index contributed by atoms with van der Waals surface area (Å²) in [5, 5.41) is 3.26. The van der Waals surface area contributed by atoms with Crippen LogP contribution in [0.5, 0.6) is 0 Å². The SMILES string of the molecule is Cc1c(C(=O)Nc2ccccc2C(=O)N2CCN(C)CC2)sc2nc(C(F)(F)F)ccc12. The predicted octanol–water partition coefficient (Wildman–Crippen LogP) is 4.26. The molecule has 3 heterocycles. The first-order chi connectivity index (χ1) is 15.1. The molecule has 3 aromatic rings. The molecule has 1 aliphatic heterocycles. The third kappa shape index (κ3) is 4.33. The Hall–Kier alpha value is -2.98. The third-order valence-corrected chi connectivity index (χ3v) is 6.70. The average Bonchev–Trinajstić information content (AvgIpc) is 3.10. The number of alkyl halides is 3. The lowest BCUT2D eigenvalue weighted by molar-refractivity contribution is -0.140. The van der Waals surface area contributed by atoms with E-state index in [9.17, 15) is 22.8 Å². The Kier molecular flexibility index (Phi) is 5.91. The number of aromatic nitrogens is 1. The summed E-state index contributed by atoms with van der Waals surface area (Å²) in [5.74, 6) is -0.656. The number of amides is 2. The molecule has 1 aliphatic rings. The summed E-state index contributed by atoms with van der Waals surface area (Å²) >= 11 is 0.900. The van der Waals surface area contributed by atoms with Crippen LogP contribution in [-0.2, 0) is 6.18 Å². The highest BCUT2D eigenvalue weighted by atomic mass is 32.1. The monoisotopic (exact) mass is 462 g/mol. The zero-order valence-electron chi connectivity index (χ0n) is 17.5. The minimum Gasteiger partial charge on any atom is -0.336 e. The van der Waals surface area contributed by atoms with Crippen molar-refractivity contribution in [2.45, 2.75) is 13.1 Å². The Morgan fingerprint density at radius 2 is 1.75 bits per heavy atom. The second kappa shape index (κ2) is 8.51. The van der Waals surface area contributed by atoms with Crippen LogP contribution in [0, 0.1) is 6.92 Å². The summed E-state index contributed by atoms with van der Waals surface area (Å²) < 4.78 is 39.0. The maximum atomic E-state index is 13.0. The summed E-state index contributed by atoms with van der Waals surface area (Å²) in [4.78, 5) is 34.0. The van der Waals surface area contributed by atoms with Crippen LogP contribution in [0.3, 0.4) is 0 Å². The summed E-state index contributed by atoms with van der Waals surface area (Å²) in [5.41, 5.74) is 0.289. The smallest absolute Gasteiger partial charge is 0.336 e. The number of hydrogen-bond donors (Lipinski definition) is 1. The van der Waals surface area contributed by atoms with E-state index in [0.29, 0.717) is 35.3 Å². The van der Waals surface area contributed by atoms with Crippen LogP contribution in [0.25, 0.3) is 10.2 Å². The van der Waals surface area contributed by atoms with Gasteiger partial charge in [-0.2, -0.15) is 13.2 Å². The normalized spacial score (nSPS) is 15.2. The lowest BCUT2D eigenvalue weighted by Gasteiger charge is -2.32. The fraction of sp³-hybridized carbons (Fsp3) is 0.318. The highest BCUT2D eigenvalue weighted by Crippen LogP contribution is 2.34. The Bertz CT molecular complexity index is 1180. The van der Waals surface area contributed by atoms with E-state index < -0.39 is 17.8 Å². The van der Waals surface area contributed by atoms with Gasteiger partial charge in [0.15, 0.2) is 0 Å². The molecule has 0 radical (unpaired) electrons. The van der Waals surface area contributed by atoms with Gasteiger partial charge in [-0.25, -0.2) is 4.98 Å². The Balaban J connectivity index is 1.60. The second-order valence-corrected chi connectivity index (χ2v) is 8.70. The molecule has 32 heavy (non-hydrogen) atoms. The predicted molar refractivity (Wildman–Crippen MR) is 117 cm³/mol. The number of rotatable bonds is 3. The summed E-state index contributed by atoms with van der Waals surface area (Å²) in [6, 6.07) is 8.99. The minimum atomic E-state index is -4.56. The van der Waals surface area contributed by atoms with Crippen molar-refractivity contribution in [3.05, 3.63) is 58.1 Å². The fourth-order valence-corrected chi connectivity index (χ4v) is 4.69. The van der Waals surface area contributed by atoms with Crippen molar-refractivity contribution in [2.75, 3.05) is 38.5 Å². The number of hydrogen-bond acceptors (Lipinski definition) is 5. The number of pyridine rings is 1. The van der Waals surface area contributed by atoms with Crippen molar-refractivity contribution in [3.8, 4) is 0 Å². The molecular formula is C22H21F3N4O2S. The molecule has 1 aromatic carbocycles. The van der Waals surface area contributed by atoms with Gasteiger partial charge in [0.05, 0.1) is 16.1 Å². The number of anilines is 1. The molecule has 0 unspecified atom stereocenters. The van der Waals surface area contributed by atoms with Crippen LogP contribution in [0.15, 0.2) is 36.4 Å². The highest BCUT2D eigenvalue weighted by Gasteiger charge is 2.33. The summed E-state index contributed by atoms with van der Waals surface area (Å²) in [6.07, 6.45) is -4.56. The van der Waals surface area contributed by atoms with Crippen molar-refractivity contribution in [2.24, 2.45) is 0 Å². The number of halogens is 3. The van der Waals surface area contributed by atoms with Gasteiger partial charge in [-0.3, -0.25) is 9.59 Å². The summed E-state index contributed by atoms with van der Waals surface area (Å²) in [7, 11) is 2.00. The van der Waals surface area contributed by atoms with Gasteiger partial charge < -0.3 is 15.1 Å². The number of piperazine rings is 1. The quantitative estimate of drug-likeness (QED) is 0.632. The second-order valence-electron chi connectivity index (χ2n) is 7.70. The Labute approximate surface area is 186 Å². The van der Waals surface area contributed by atoms with Gasteiger partial charge in [-0.15, -0.1) is 11.3 Å². The molecule has 1 saturated heterocycles. The number of carbonyl (C=O) groups excluding carboxylic acids is 2. The van der Waals surface area contributed by atoms with Crippen molar-refractivity contribution in [1.29, 1.82) is 0 Å². The number of aryl methyl sites for hydroxylation is 1. The Morgan fingerprint density at radius 3 is 2.44 bits per heavy atom. The molecule has 0 saturated carbocycles. The van der Waals surface area contributed by atoms with E-state index in [1.165, 1.54) is 6.07 Å². The van der Waals surface area contributed by atoms with Gasteiger partial charge in [0.2, 0.25) is 0 Å². The van der Waals surface area contributed by atoms with E-state index in [0.717, 1.165) is 30.5 Å². The van der Waals surface area contributed by atoms with Crippen LogP contribution in [0.1, 0.15) is 31.3 Å². The van der Waals surface area contributed by atoms with E-state index in [1.54, 1.807) is 36.1 Å². The molecule has 0 bridgehead atoms. The van der Waals surface area contributed by atoms with Crippen LogP contribution in [-0.4, -0.2) is 59.8 Å². The molecule has 10 heteroatoms. The first kappa shape index (κ1) is 22.2. The van der Waals surface area contributed by atoms with Gasteiger partial charge in [0, 0.05) is 31.6 Å².